The number of ether oxygens (including phenoxy) is 3. The van der Waals surface area contributed by atoms with E-state index in [1.165, 1.54) is 19.1 Å². The lowest BCUT2D eigenvalue weighted by Gasteiger charge is -2.31. The fraction of sp³-hybridized carbons (Fsp3) is 0.370. The van der Waals surface area contributed by atoms with Gasteiger partial charge in [-0.3, -0.25) is 19.0 Å². The third kappa shape index (κ3) is 5.61. The molecule has 2 aromatic carbocycles. The molecule has 1 amide bonds. The first-order chi connectivity index (χ1) is 18.4. The molecule has 3 aromatic rings. The van der Waals surface area contributed by atoms with Crippen LogP contribution < -0.4 is 20.7 Å². The number of piperidine rings is 1. The lowest BCUT2D eigenvalue weighted by molar-refractivity contribution is -0.149. The molecule has 38 heavy (non-hydrogen) atoms. The molecule has 1 aliphatic heterocycles. The van der Waals surface area contributed by atoms with Crippen molar-refractivity contribution in [2.45, 2.75) is 26.3 Å². The minimum absolute atomic E-state index is 0.104. The van der Waals surface area contributed by atoms with Gasteiger partial charge in [-0.2, -0.15) is 9.78 Å². The molecule has 0 spiro atoms. The van der Waals surface area contributed by atoms with E-state index in [1.807, 2.05) is 0 Å². The number of esters is 1. The summed E-state index contributed by atoms with van der Waals surface area (Å²) in [6, 6.07) is 13.5. The van der Waals surface area contributed by atoms with Gasteiger partial charge in [0, 0.05) is 19.2 Å². The minimum atomic E-state index is -0.819. The third-order valence-electron chi connectivity index (χ3n) is 6.36. The average molecular weight is 523 g/mol. The second kappa shape index (κ2) is 11.8. The topological polar surface area (TPSA) is 122 Å². The lowest BCUT2D eigenvalue weighted by atomic mass is 9.98. The fourth-order valence-electron chi connectivity index (χ4n) is 4.42. The molecular weight excluding hydrogens is 492 g/mol. The predicted octanol–water partition coefficient (Wildman–Crippen LogP) is 1.87. The van der Waals surface area contributed by atoms with Crippen molar-refractivity contribution in [2.75, 3.05) is 33.9 Å². The fourth-order valence-corrected chi connectivity index (χ4v) is 4.42. The van der Waals surface area contributed by atoms with Gasteiger partial charge in [0.25, 0.3) is 11.5 Å². The van der Waals surface area contributed by atoms with Crippen molar-refractivity contribution < 1.29 is 23.8 Å². The van der Waals surface area contributed by atoms with E-state index in [4.69, 9.17) is 14.2 Å². The predicted molar refractivity (Wildman–Crippen MR) is 138 cm³/mol. The first kappa shape index (κ1) is 26.6. The van der Waals surface area contributed by atoms with E-state index in [-0.39, 0.29) is 25.7 Å². The molecule has 11 heteroatoms. The molecule has 2 heterocycles. The molecular formula is C27H30N4O7. The Morgan fingerprint density at radius 3 is 2.45 bits per heavy atom. The Bertz CT molecular complexity index is 1450. The summed E-state index contributed by atoms with van der Waals surface area (Å²) in [6.07, 6.45) is 1.15. The molecule has 0 unspecified atom stereocenters. The molecule has 1 saturated heterocycles. The van der Waals surface area contributed by atoms with Crippen molar-refractivity contribution in [3.8, 4) is 17.2 Å². The number of hydrogen-bond acceptors (Lipinski definition) is 8. The molecule has 1 fully saturated rings. The first-order valence-electron chi connectivity index (χ1n) is 12.3. The van der Waals surface area contributed by atoms with Crippen LogP contribution in [0.4, 0.5) is 0 Å². The molecule has 0 N–H and O–H groups in total. The standard InChI is InChI=1S/C27H30N4O7/c1-4-38-26(34)19-9-7-13-29(17-19)24(32)23-25(33)30(16-18-8-5-11-21(14-18)36-2)27(35)31(28-23)20-10-6-12-22(15-20)37-3/h5-6,8,10-12,14-15,19H,4,7,9,13,16-17H2,1-3H3/t19-/m1/s1. The maximum absolute atomic E-state index is 13.6. The van der Waals surface area contributed by atoms with Gasteiger partial charge in [-0.15, -0.1) is 0 Å². The zero-order chi connectivity index (χ0) is 27.2. The number of likely N-dealkylation sites (tertiary alicyclic amines) is 1. The van der Waals surface area contributed by atoms with Gasteiger partial charge in [-0.1, -0.05) is 18.2 Å². The van der Waals surface area contributed by atoms with Gasteiger partial charge in [-0.05, 0) is 49.6 Å². The number of hydrogen-bond donors (Lipinski definition) is 0. The summed E-state index contributed by atoms with van der Waals surface area (Å²) in [4.78, 5) is 54.4. The van der Waals surface area contributed by atoms with E-state index in [9.17, 15) is 19.2 Å². The summed E-state index contributed by atoms with van der Waals surface area (Å²) in [6.45, 7) is 2.32. The molecule has 0 saturated carbocycles. The Balaban J connectivity index is 1.80. The maximum atomic E-state index is 13.6. The van der Waals surface area contributed by atoms with Crippen molar-refractivity contribution in [3.63, 3.8) is 0 Å². The van der Waals surface area contributed by atoms with E-state index < -0.39 is 28.8 Å². The maximum Gasteiger partial charge on any atom is 0.352 e. The van der Waals surface area contributed by atoms with Crippen LogP contribution in [0.2, 0.25) is 0 Å². The summed E-state index contributed by atoms with van der Waals surface area (Å²) in [7, 11) is 3.01. The van der Waals surface area contributed by atoms with E-state index in [1.54, 1.807) is 55.5 Å². The van der Waals surface area contributed by atoms with Crippen molar-refractivity contribution in [3.05, 3.63) is 80.6 Å². The van der Waals surface area contributed by atoms with Crippen LogP contribution in [0.15, 0.2) is 58.1 Å². The second-order valence-electron chi connectivity index (χ2n) is 8.83. The van der Waals surface area contributed by atoms with Gasteiger partial charge in [0.15, 0.2) is 0 Å². The average Bonchev–Trinajstić information content (AvgIpc) is 2.95. The van der Waals surface area contributed by atoms with Gasteiger partial charge in [0.1, 0.15) is 11.5 Å². The molecule has 1 atom stereocenters. The number of carbonyl (C=O) groups excluding carboxylic acids is 2. The summed E-state index contributed by atoms with van der Waals surface area (Å²) in [5.74, 6) is -0.485. The van der Waals surface area contributed by atoms with E-state index in [0.29, 0.717) is 42.1 Å². The highest BCUT2D eigenvalue weighted by atomic mass is 16.5. The first-order valence-corrected chi connectivity index (χ1v) is 12.3. The molecule has 4 rings (SSSR count). The van der Waals surface area contributed by atoms with Crippen LogP contribution in [0.1, 0.15) is 35.8 Å². The number of carbonyl (C=O) groups is 2. The number of rotatable bonds is 8. The minimum Gasteiger partial charge on any atom is -0.497 e. The summed E-state index contributed by atoms with van der Waals surface area (Å²) in [5, 5.41) is 4.22. The number of benzene rings is 2. The van der Waals surface area contributed by atoms with Crippen LogP contribution in [0.25, 0.3) is 5.69 Å². The van der Waals surface area contributed by atoms with Gasteiger partial charge < -0.3 is 19.1 Å². The Morgan fingerprint density at radius 2 is 1.74 bits per heavy atom. The normalized spacial score (nSPS) is 15.1. The Labute approximate surface area is 219 Å². The van der Waals surface area contributed by atoms with Crippen molar-refractivity contribution in [1.29, 1.82) is 0 Å². The van der Waals surface area contributed by atoms with E-state index >= 15 is 0 Å². The molecule has 200 valence electrons. The highest BCUT2D eigenvalue weighted by Crippen LogP contribution is 2.20. The van der Waals surface area contributed by atoms with Gasteiger partial charge in [-0.25, -0.2) is 4.79 Å². The highest BCUT2D eigenvalue weighted by Gasteiger charge is 2.32. The SMILES string of the molecule is CCOC(=O)[C@@H]1CCCN(C(=O)c2nn(-c3cccc(OC)c3)c(=O)n(Cc3cccc(OC)c3)c2=O)C1. The summed E-state index contributed by atoms with van der Waals surface area (Å²) in [5.41, 5.74) is -0.998. The summed E-state index contributed by atoms with van der Waals surface area (Å²) < 4.78 is 17.7. The smallest absolute Gasteiger partial charge is 0.352 e. The quantitative estimate of drug-likeness (QED) is 0.411. The molecule has 0 bridgehead atoms. The zero-order valence-corrected chi connectivity index (χ0v) is 21.6. The molecule has 0 radical (unpaired) electrons. The molecule has 1 aromatic heterocycles. The van der Waals surface area contributed by atoms with Crippen LogP contribution in [0.5, 0.6) is 11.5 Å². The number of aromatic nitrogens is 3. The Hall–Kier alpha value is -4.41. The number of amides is 1. The van der Waals surface area contributed by atoms with Crippen LogP contribution in [0.3, 0.4) is 0 Å². The second-order valence-corrected chi connectivity index (χ2v) is 8.83. The Morgan fingerprint density at radius 1 is 1.03 bits per heavy atom. The molecule has 1 aliphatic rings. The lowest BCUT2D eigenvalue weighted by Crippen LogP contribution is -2.49. The van der Waals surface area contributed by atoms with Crippen molar-refractivity contribution >= 4 is 11.9 Å². The summed E-state index contributed by atoms with van der Waals surface area (Å²) >= 11 is 0. The van der Waals surface area contributed by atoms with Crippen LogP contribution >= 0.6 is 0 Å². The van der Waals surface area contributed by atoms with Crippen LogP contribution in [-0.2, 0) is 16.1 Å². The van der Waals surface area contributed by atoms with Gasteiger partial charge >= 0.3 is 11.7 Å². The monoisotopic (exact) mass is 522 g/mol. The highest BCUT2D eigenvalue weighted by molar-refractivity contribution is 5.92. The van der Waals surface area contributed by atoms with E-state index in [0.717, 1.165) is 9.25 Å². The zero-order valence-electron chi connectivity index (χ0n) is 21.6. The van der Waals surface area contributed by atoms with Crippen LogP contribution in [-0.4, -0.2) is 65.0 Å². The van der Waals surface area contributed by atoms with Gasteiger partial charge in [0.05, 0.1) is 39.0 Å². The van der Waals surface area contributed by atoms with Crippen molar-refractivity contribution in [2.24, 2.45) is 5.92 Å². The number of nitrogens with zero attached hydrogens (tertiary/aromatic N) is 4. The van der Waals surface area contributed by atoms with Crippen molar-refractivity contribution in [1.82, 2.24) is 19.2 Å². The largest absolute Gasteiger partial charge is 0.497 e. The molecule has 0 aliphatic carbocycles. The van der Waals surface area contributed by atoms with E-state index in [2.05, 4.69) is 5.10 Å². The van der Waals surface area contributed by atoms with Gasteiger partial charge in [0.2, 0.25) is 5.69 Å². The third-order valence-corrected chi connectivity index (χ3v) is 6.36. The number of methoxy groups -OCH3 is 2. The molecule has 11 nitrogen and oxygen atoms in total. The Kier molecular flexibility index (Phi) is 8.25. The van der Waals surface area contributed by atoms with Crippen LogP contribution in [0, 0.1) is 5.92 Å².